The lowest BCUT2D eigenvalue weighted by Crippen LogP contribution is -2.33. The van der Waals surface area contributed by atoms with Gasteiger partial charge in [0.25, 0.3) is 0 Å². The number of methoxy groups -OCH3 is 2. The second-order valence-corrected chi connectivity index (χ2v) is 2.85. The van der Waals surface area contributed by atoms with Gasteiger partial charge in [0.05, 0.1) is 6.07 Å². The zero-order valence-corrected chi connectivity index (χ0v) is 8.69. The van der Waals surface area contributed by atoms with Gasteiger partial charge in [0.2, 0.25) is 0 Å². The van der Waals surface area contributed by atoms with E-state index in [0.717, 1.165) is 0 Å². The van der Waals surface area contributed by atoms with Gasteiger partial charge < -0.3 is 19.9 Å². The molecular weight excluding hydrogens is 184 g/mol. The molecule has 0 saturated heterocycles. The van der Waals surface area contributed by atoms with E-state index in [1.807, 2.05) is 0 Å². The Balaban J connectivity index is 3.73. The molecule has 0 saturated carbocycles. The van der Waals surface area contributed by atoms with Crippen molar-refractivity contribution in [3.63, 3.8) is 0 Å². The maximum absolute atomic E-state index is 8.78. The van der Waals surface area contributed by atoms with Crippen LogP contribution in [0.2, 0.25) is 0 Å². The first-order valence-electron chi connectivity index (χ1n) is 4.58. The smallest absolute Gasteiger partial charge is 0.159 e. The third-order valence-corrected chi connectivity index (χ3v) is 1.84. The summed E-state index contributed by atoms with van der Waals surface area (Å²) in [5, 5.41) is 20.3. The number of aliphatic hydroxyl groups excluding tert-OH is 1. The fraction of sp³-hybridized carbons (Fsp3) is 0.889. The summed E-state index contributed by atoms with van der Waals surface area (Å²) in [5.41, 5.74) is 0. The van der Waals surface area contributed by atoms with Crippen molar-refractivity contribution in [1.82, 2.24) is 5.32 Å². The number of nitriles is 1. The van der Waals surface area contributed by atoms with Crippen molar-refractivity contribution in [1.29, 1.82) is 5.26 Å². The first kappa shape index (κ1) is 13.3. The molecule has 0 fully saturated rings. The van der Waals surface area contributed by atoms with Gasteiger partial charge in [-0.3, -0.25) is 0 Å². The molecule has 0 bridgehead atoms. The Hall–Kier alpha value is -0.670. The first-order chi connectivity index (χ1) is 6.78. The highest BCUT2D eigenvalue weighted by Gasteiger charge is 2.13. The number of hydrogen-bond acceptors (Lipinski definition) is 5. The summed E-state index contributed by atoms with van der Waals surface area (Å²) < 4.78 is 9.95. The minimum atomic E-state index is -0.360. The van der Waals surface area contributed by atoms with Gasteiger partial charge in [0, 0.05) is 27.2 Å². The van der Waals surface area contributed by atoms with E-state index in [-0.39, 0.29) is 18.9 Å². The molecule has 5 heteroatoms. The molecule has 0 spiro atoms. The minimum Gasteiger partial charge on any atom is -0.396 e. The molecule has 0 aromatic rings. The Morgan fingerprint density at radius 2 is 2.07 bits per heavy atom. The highest BCUT2D eigenvalue weighted by Crippen LogP contribution is 2.02. The van der Waals surface area contributed by atoms with E-state index in [2.05, 4.69) is 11.4 Å². The van der Waals surface area contributed by atoms with E-state index in [0.29, 0.717) is 19.4 Å². The van der Waals surface area contributed by atoms with E-state index < -0.39 is 0 Å². The standard InChI is InChI=1S/C9H18N2O3/c1-13-9(14-2)6-8(7-10)11-4-3-5-12/h8-9,11-12H,3-6H2,1-2H3. The second-order valence-electron chi connectivity index (χ2n) is 2.85. The number of nitrogens with one attached hydrogen (secondary N) is 1. The number of hydrogen-bond donors (Lipinski definition) is 2. The summed E-state index contributed by atoms with van der Waals surface area (Å²) in [5.74, 6) is 0. The van der Waals surface area contributed by atoms with E-state index in [4.69, 9.17) is 19.8 Å². The molecule has 1 unspecified atom stereocenters. The maximum Gasteiger partial charge on any atom is 0.159 e. The number of nitrogens with zero attached hydrogens (tertiary/aromatic N) is 1. The van der Waals surface area contributed by atoms with Crippen molar-refractivity contribution in [2.24, 2.45) is 0 Å². The van der Waals surface area contributed by atoms with Crippen molar-refractivity contribution in [2.75, 3.05) is 27.4 Å². The van der Waals surface area contributed by atoms with Crippen molar-refractivity contribution >= 4 is 0 Å². The highest BCUT2D eigenvalue weighted by molar-refractivity contribution is 4.90. The molecule has 0 aromatic carbocycles. The Morgan fingerprint density at radius 1 is 1.43 bits per heavy atom. The minimum absolute atomic E-state index is 0.128. The van der Waals surface area contributed by atoms with Crippen molar-refractivity contribution < 1.29 is 14.6 Å². The lowest BCUT2D eigenvalue weighted by molar-refractivity contribution is -0.108. The Labute approximate surface area is 84.6 Å². The van der Waals surface area contributed by atoms with Crippen LogP contribution in [0.1, 0.15) is 12.8 Å². The molecule has 0 rings (SSSR count). The molecule has 1 atom stereocenters. The molecule has 0 amide bonds. The predicted molar refractivity (Wildman–Crippen MR) is 51.5 cm³/mol. The lowest BCUT2D eigenvalue weighted by Gasteiger charge is -2.17. The Bertz CT molecular complexity index is 166. The van der Waals surface area contributed by atoms with Gasteiger partial charge in [-0.25, -0.2) is 0 Å². The molecule has 82 valence electrons. The molecule has 0 heterocycles. The molecular formula is C9H18N2O3. The molecule has 5 nitrogen and oxygen atoms in total. The Kier molecular flexibility index (Phi) is 8.48. The normalized spacial score (nSPS) is 12.8. The van der Waals surface area contributed by atoms with Crippen LogP contribution in [0.5, 0.6) is 0 Å². The summed E-state index contributed by atoms with van der Waals surface area (Å²) in [4.78, 5) is 0. The van der Waals surface area contributed by atoms with Crippen molar-refractivity contribution in [3.8, 4) is 6.07 Å². The van der Waals surface area contributed by atoms with E-state index in [1.165, 1.54) is 14.2 Å². The molecule has 0 aliphatic heterocycles. The zero-order valence-electron chi connectivity index (χ0n) is 8.69. The van der Waals surface area contributed by atoms with Gasteiger partial charge in [-0.15, -0.1) is 0 Å². The van der Waals surface area contributed by atoms with Crippen LogP contribution in [0.3, 0.4) is 0 Å². The molecule has 0 aromatic heterocycles. The van der Waals surface area contributed by atoms with Gasteiger partial charge in [0.15, 0.2) is 6.29 Å². The lowest BCUT2D eigenvalue weighted by atomic mass is 10.2. The summed E-state index contributed by atoms with van der Waals surface area (Å²) in [6.45, 7) is 0.748. The third-order valence-electron chi connectivity index (χ3n) is 1.84. The molecule has 0 aliphatic rings. The highest BCUT2D eigenvalue weighted by atomic mass is 16.7. The van der Waals surface area contributed by atoms with Crippen LogP contribution in [0.4, 0.5) is 0 Å². The fourth-order valence-corrected chi connectivity index (χ4v) is 1.02. The van der Waals surface area contributed by atoms with Gasteiger partial charge >= 0.3 is 0 Å². The summed E-state index contributed by atoms with van der Waals surface area (Å²) in [6, 6.07) is 1.81. The van der Waals surface area contributed by atoms with Crippen LogP contribution in [0, 0.1) is 11.3 Å². The van der Waals surface area contributed by atoms with Crippen molar-refractivity contribution in [3.05, 3.63) is 0 Å². The number of rotatable bonds is 8. The third kappa shape index (κ3) is 5.89. The van der Waals surface area contributed by atoms with Gasteiger partial charge in [-0.1, -0.05) is 0 Å². The van der Waals surface area contributed by atoms with Crippen LogP contribution in [0.15, 0.2) is 0 Å². The topological polar surface area (TPSA) is 74.5 Å². The fourth-order valence-electron chi connectivity index (χ4n) is 1.02. The van der Waals surface area contributed by atoms with Gasteiger partial charge in [-0.2, -0.15) is 5.26 Å². The van der Waals surface area contributed by atoms with Crippen LogP contribution in [-0.4, -0.2) is 44.8 Å². The Morgan fingerprint density at radius 3 is 2.50 bits per heavy atom. The average molecular weight is 202 g/mol. The molecule has 2 N–H and O–H groups in total. The van der Waals surface area contributed by atoms with Gasteiger partial charge in [-0.05, 0) is 13.0 Å². The van der Waals surface area contributed by atoms with E-state index >= 15 is 0 Å². The largest absolute Gasteiger partial charge is 0.396 e. The SMILES string of the molecule is COC(CC(C#N)NCCCO)OC. The van der Waals surface area contributed by atoms with Gasteiger partial charge in [0.1, 0.15) is 6.04 Å². The van der Waals surface area contributed by atoms with E-state index in [9.17, 15) is 0 Å². The van der Waals surface area contributed by atoms with Crippen molar-refractivity contribution in [2.45, 2.75) is 25.2 Å². The zero-order chi connectivity index (χ0) is 10.8. The summed E-state index contributed by atoms with van der Waals surface area (Å²) in [6.07, 6.45) is 0.763. The average Bonchev–Trinajstić information content (AvgIpc) is 2.23. The van der Waals surface area contributed by atoms with E-state index in [1.54, 1.807) is 0 Å². The number of aliphatic hydroxyl groups is 1. The predicted octanol–water partition coefficient (Wildman–Crippen LogP) is -0.140. The monoisotopic (exact) mass is 202 g/mol. The van der Waals surface area contributed by atoms with Crippen LogP contribution in [-0.2, 0) is 9.47 Å². The first-order valence-corrected chi connectivity index (χ1v) is 4.58. The summed E-state index contributed by atoms with van der Waals surface area (Å²) in [7, 11) is 3.08. The van der Waals surface area contributed by atoms with Crippen LogP contribution in [0.25, 0.3) is 0 Å². The molecule has 0 radical (unpaired) electrons. The maximum atomic E-state index is 8.78. The second kappa shape index (κ2) is 8.91. The van der Waals surface area contributed by atoms with Crippen LogP contribution < -0.4 is 5.32 Å². The number of ether oxygens (including phenoxy) is 2. The summed E-state index contributed by atoms with van der Waals surface area (Å²) >= 11 is 0. The molecule has 0 aliphatic carbocycles. The quantitative estimate of drug-likeness (QED) is 0.423. The molecule has 14 heavy (non-hydrogen) atoms. The van der Waals surface area contributed by atoms with Crippen LogP contribution >= 0.6 is 0 Å².